The maximum absolute atomic E-state index is 12.9. The molecule has 0 spiro atoms. The van der Waals surface area contributed by atoms with Gasteiger partial charge in [-0.15, -0.1) is 0 Å². The zero-order valence-corrected chi connectivity index (χ0v) is 16.0. The van der Waals surface area contributed by atoms with Crippen LogP contribution in [-0.4, -0.2) is 17.0 Å². The van der Waals surface area contributed by atoms with E-state index < -0.39 is 0 Å². The molecule has 1 fully saturated rings. The zero-order valence-electron chi connectivity index (χ0n) is 16.0. The van der Waals surface area contributed by atoms with Crippen LogP contribution in [0.1, 0.15) is 72.1 Å². The molecule has 0 aliphatic heterocycles. The number of aliphatic hydroxyl groups excluding tert-OH is 1. The SMILES string of the molecule is CC1(C)CCC(=O)[C@H]2CCC3C(=C2CC1)C=CC1=CC(O)CC[C@@]13C. The van der Waals surface area contributed by atoms with Gasteiger partial charge in [0.05, 0.1) is 6.10 Å². The maximum atomic E-state index is 12.9. The minimum Gasteiger partial charge on any atom is -0.389 e. The number of ketones is 1. The first kappa shape index (κ1) is 17.3. The molecule has 2 unspecified atom stereocenters. The topological polar surface area (TPSA) is 37.3 Å². The summed E-state index contributed by atoms with van der Waals surface area (Å²) >= 11 is 0. The lowest BCUT2D eigenvalue weighted by Crippen LogP contribution is -2.40. The highest BCUT2D eigenvalue weighted by Gasteiger charge is 2.47. The molecule has 0 heterocycles. The third kappa shape index (κ3) is 2.87. The summed E-state index contributed by atoms with van der Waals surface area (Å²) < 4.78 is 0. The summed E-state index contributed by atoms with van der Waals surface area (Å²) in [5.41, 5.74) is 4.65. The Bertz CT molecular complexity index is 678. The number of rotatable bonds is 0. The number of hydrogen-bond donors (Lipinski definition) is 1. The molecular weight excluding hydrogens is 308 g/mol. The molecule has 136 valence electrons. The molecule has 4 aliphatic carbocycles. The van der Waals surface area contributed by atoms with Crippen LogP contribution in [-0.2, 0) is 4.79 Å². The van der Waals surface area contributed by atoms with E-state index in [1.807, 2.05) is 0 Å². The first-order valence-electron chi connectivity index (χ1n) is 10.1. The van der Waals surface area contributed by atoms with Crippen LogP contribution in [0.2, 0.25) is 0 Å². The molecule has 1 N–H and O–H groups in total. The molecular formula is C23H32O2. The van der Waals surface area contributed by atoms with Gasteiger partial charge in [0.1, 0.15) is 5.78 Å². The van der Waals surface area contributed by atoms with Crippen LogP contribution >= 0.6 is 0 Å². The number of fused-ring (bicyclic) bond motifs is 4. The standard InChI is InChI=1S/C23H32O2/c1-22(2)11-9-17-18-5-4-15-14-16(24)8-13-23(15,3)20(18)7-6-19(17)21(25)10-12-22/h4-5,14,16,19-20,24H,6-13H2,1-3H3/t16?,19-,20?,23-/m0/s1. The monoisotopic (exact) mass is 340 g/mol. The number of allylic oxidation sites excluding steroid dienone is 5. The van der Waals surface area contributed by atoms with Crippen LogP contribution < -0.4 is 0 Å². The Morgan fingerprint density at radius 2 is 1.76 bits per heavy atom. The summed E-state index contributed by atoms with van der Waals surface area (Å²) in [4.78, 5) is 12.9. The fourth-order valence-corrected chi connectivity index (χ4v) is 5.75. The van der Waals surface area contributed by atoms with Gasteiger partial charge in [0.25, 0.3) is 0 Å². The highest BCUT2D eigenvalue weighted by molar-refractivity contribution is 5.84. The highest BCUT2D eigenvalue weighted by Crippen LogP contribution is 2.56. The summed E-state index contributed by atoms with van der Waals surface area (Å²) in [5.74, 6) is 1.18. The summed E-state index contributed by atoms with van der Waals surface area (Å²) in [7, 11) is 0. The highest BCUT2D eigenvalue weighted by atomic mass is 16.3. The first-order valence-corrected chi connectivity index (χ1v) is 10.1. The van der Waals surface area contributed by atoms with Crippen molar-refractivity contribution in [2.75, 3.05) is 0 Å². The van der Waals surface area contributed by atoms with E-state index in [1.54, 1.807) is 0 Å². The summed E-state index contributed by atoms with van der Waals surface area (Å²) in [6.45, 7) is 7.01. The third-order valence-electron chi connectivity index (χ3n) is 7.62. The van der Waals surface area contributed by atoms with Crippen LogP contribution in [0.3, 0.4) is 0 Å². The van der Waals surface area contributed by atoms with Gasteiger partial charge in [0, 0.05) is 12.3 Å². The molecule has 0 aromatic rings. The Morgan fingerprint density at radius 3 is 2.56 bits per heavy atom. The van der Waals surface area contributed by atoms with E-state index in [2.05, 4.69) is 39.0 Å². The molecule has 0 saturated heterocycles. The second-order valence-electron chi connectivity index (χ2n) is 9.77. The van der Waals surface area contributed by atoms with Crippen molar-refractivity contribution in [3.63, 3.8) is 0 Å². The van der Waals surface area contributed by atoms with Crippen LogP contribution in [0, 0.1) is 22.7 Å². The van der Waals surface area contributed by atoms with Crippen molar-refractivity contribution in [2.45, 2.75) is 78.2 Å². The lowest BCUT2D eigenvalue weighted by Gasteiger charge is -2.49. The fraction of sp³-hybridized carbons (Fsp3) is 0.696. The van der Waals surface area contributed by atoms with Gasteiger partial charge in [0.15, 0.2) is 0 Å². The van der Waals surface area contributed by atoms with Crippen molar-refractivity contribution in [3.8, 4) is 0 Å². The molecule has 2 nitrogen and oxygen atoms in total. The summed E-state index contributed by atoms with van der Waals surface area (Å²) in [6, 6.07) is 0. The minimum absolute atomic E-state index is 0.141. The van der Waals surface area contributed by atoms with Crippen molar-refractivity contribution in [3.05, 3.63) is 34.9 Å². The number of aliphatic hydroxyl groups is 1. The van der Waals surface area contributed by atoms with Crippen molar-refractivity contribution < 1.29 is 9.90 Å². The van der Waals surface area contributed by atoms with E-state index in [1.165, 1.54) is 23.1 Å². The van der Waals surface area contributed by atoms with Crippen molar-refractivity contribution >= 4 is 5.78 Å². The Hall–Kier alpha value is -1.15. The quantitative estimate of drug-likeness (QED) is 0.663. The molecule has 0 aromatic carbocycles. The molecule has 0 amide bonds. The number of Topliss-reactive ketones (excluding diaryl/α,β-unsaturated/α-hetero) is 1. The van der Waals surface area contributed by atoms with Crippen molar-refractivity contribution in [1.82, 2.24) is 0 Å². The average molecular weight is 341 g/mol. The van der Waals surface area contributed by atoms with E-state index in [0.29, 0.717) is 11.7 Å². The largest absolute Gasteiger partial charge is 0.389 e. The smallest absolute Gasteiger partial charge is 0.140 e. The van der Waals surface area contributed by atoms with Gasteiger partial charge in [-0.05, 0) is 72.8 Å². The first-order chi connectivity index (χ1) is 11.8. The van der Waals surface area contributed by atoms with E-state index in [0.717, 1.165) is 44.9 Å². The predicted molar refractivity (Wildman–Crippen MR) is 101 cm³/mol. The molecule has 1 saturated carbocycles. The van der Waals surface area contributed by atoms with Gasteiger partial charge in [-0.1, -0.05) is 44.6 Å². The van der Waals surface area contributed by atoms with E-state index in [-0.39, 0.29) is 22.9 Å². The van der Waals surface area contributed by atoms with Gasteiger partial charge < -0.3 is 5.11 Å². The average Bonchev–Trinajstić information content (AvgIpc) is 2.57. The van der Waals surface area contributed by atoms with E-state index in [4.69, 9.17) is 0 Å². The Morgan fingerprint density at radius 1 is 1.00 bits per heavy atom. The normalized spacial score (nSPS) is 40.4. The van der Waals surface area contributed by atoms with Crippen LogP contribution in [0.5, 0.6) is 0 Å². The Balaban J connectivity index is 1.78. The zero-order chi connectivity index (χ0) is 17.8. The Labute approximate surface area is 152 Å². The molecule has 4 atom stereocenters. The van der Waals surface area contributed by atoms with Crippen LogP contribution in [0.25, 0.3) is 0 Å². The van der Waals surface area contributed by atoms with Crippen molar-refractivity contribution in [2.24, 2.45) is 22.7 Å². The molecule has 25 heavy (non-hydrogen) atoms. The van der Waals surface area contributed by atoms with Gasteiger partial charge in [-0.25, -0.2) is 0 Å². The van der Waals surface area contributed by atoms with E-state index in [9.17, 15) is 9.90 Å². The second kappa shape index (κ2) is 5.94. The predicted octanol–water partition coefficient (Wildman–Crippen LogP) is 5.14. The minimum atomic E-state index is -0.290. The van der Waals surface area contributed by atoms with E-state index >= 15 is 0 Å². The lowest BCUT2D eigenvalue weighted by molar-refractivity contribution is -0.123. The Kier molecular flexibility index (Phi) is 4.11. The summed E-state index contributed by atoms with van der Waals surface area (Å²) in [5, 5.41) is 10.0. The number of carbonyl (C=O) groups is 1. The number of carbonyl (C=O) groups excluding carboxylic acids is 1. The molecule has 0 aromatic heterocycles. The molecule has 0 bridgehead atoms. The summed E-state index contributed by atoms with van der Waals surface area (Å²) in [6.07, 6.45) is 14.4. The maximum Gasteiger partial charge on any atom is 0.140 e. The van der Waals surface area contributed by atoms with Crippen LogP contribution in [0.15, 0.2) is 34.9 Å². The van der Waals surface area contributed by atoms with Gasteiger partial charge in [0.2, 0.25) is 0 Å². The molecule has 2 heteroatoms. The number of hydrogen-bond acceptors (Lipinski definition) is 2. The van der Waals surface area contributed by atoms with Crippen molar-refractivity contribution in [1.29, 1.82) is 0 Å². The molecule has 0 radical (unpaired) electrons. The third-order valence-corrected chi connectivity index (χ3v) is 7.62. The second-order valence-corrected chi connectivity index (χ2v) is 9.77. The van der Waals surface area contributed by atoms with Crippen LogP contribution in [0.4, 0.5) is 0 Å². The van der Waals surface area contributed by atoms with Gasteiger partial charge >= 0.3 is 0 Å². The van der Waals surface area contributed by atoms with Gasteiger partial charge in [-0.3, -0.25) is 4.79 Å². The van der Waals surface area contributed by atoms with Gasteiger partial charge in [-0.2, -0.15) is 0 Å². The molecule has 4 aliphatic rings. The fourth-order valence-electron chi connectivity index (χ4n) is 5.75. The molecule has 4 rings (SSSR count). The lowest BCUT2D eigenvalue weighted by atomic mass is 9.55.